The lowest BCUT2D eigenvalue weighted by molar-refractivity contribution is -0.119. The number of aryl methyl sites for hydroxylation is 1. The Morgan fingerprint density at radius 1 is 1.19 bits per heavy atom. The summed E-state index contributed by atoms with van der Waals surface area (Å²) in [6, 6.07) is 12.1. The highest BCUT2D eigenvalue weighted by molar-refractivity contribution is 5.98. The molecular weight excluding hydrogens is 326 g/mol. The van der Waals surface area contributed by atoms with E-state index in [2.05, 4.69) is 35.0 Å². The standard InChI is InChI=1S/C20H23N5O/c1-14-10-12-23(3)17-8-4-5-9-18(17)25(14)19(26)13-24-20-16(15(2)22-24)7-6-11-21-20/h4-9,11,14H,10,12-13H2,1-3H3. The third-order valence-electron chi connectivity index (χ3n) is 5.12. The van der Waals surface area contributed by atoms with E-state index in [-0.39, 0.29) is 18.5 Å². The molecule has 6 nitrogen and oxygen atoms in total. The Kier molecular flexibility index (Phi) is 4.11. The van der Waals surface area contributed by atoms with Gasteiger partial charge in [-0.2, -0.15) is 5.10 Å². The van der Waals surface area contributed by atoms with Crippen molar-refractivity contribution in [3.05, 3.63) is 48.3 Å². The molecule has 0 aliphatic carbocycles. The number of aromatic nitrogens is 3. The Labute approximate surface area is 153 Å². The van der Waals surface area contributed by atoms with Crippen molar-refractivity contribution < 1.29 is 4.79 Å². The fourth-order valence-electron chi connectivity index (χ4n) is 3.72. The number of anilines is 2. The van der Waals surface area contributed by atoms with E-state index >= 15 is 0 Å². The number of hydrogen-bond acceptors (Lipinski definition) is 4. The van der Waals surface area contributed by atoms with Gasteiger partial charge in [-0.3, -0.25) is 4.79 Å². The highest BCUT2D eigenvalue weighted by Crippen LogP contribution is 2.34. The van der Waals surface area contributed by atoms with E-state index in [0.717, 1.165) is 41.1 Å². The molecule has 0 saturated carbocycles. The van der Waals surface area contributed by atoms with Gasteiger partial charge in [0.2, 0.25) is 5.91 Å². The Hall–Kier alpha value is -2.89. The molecule has 1 unspecified atom stereocenters. The molecule has 1 amide bonds. The SMILES string of the molecule is Cc1nn(CC(=O)N2c3ccccc3N(C)CCC2C)c2ncccc12. The molecule has 0 saturated heterocycles. The molecule has 134 valence electrons. The van der Waals surface area contributed by atoms with E-state index in [4.69, 9.17) is 0 Å². The summed E-state index contributed by atoms with van der Waals surface area (Å²) in [6.45, 7) is 5.17. The van der Waals surface area contributed by atoms with Crippen molar-refractivity contribution >= 4 is 28.3 Å². The zero-order valence-corrected chi connectivity index (χ0v) is 15.4. The molecule has 3 aromatic rings. The van der Waals surface area contributed by atoms with E-state index in [0.29, 0.717) is 0 Å². The number of pyridine rings is 1. The molecule has 0 bridgehead atoms. The molecule has 26 heavy (non-hydrogen) atoms. The van der Waals surface area contributed by atoms with E-state index in [1.807, 2.05) is 42.2 Å². The number of benzene rings is 1. The Morgan fingerprint density at radius 3 is 2.77 bits per heavy atom. The number of rotatable bonds is 2. The van der Waals surface area contributed by atoms with Crippen LogP contribution >= 0.6 is 0 Å². The lowest BCUT2D eigenvalue weighted by atomic mass is 10.1. The molecule has 0 radical (unpaired) electrons. The zero-order valence-electron chi connectivity index (χ0n) is 15.4. The van der Waals surface area contributed by atoms with Crippen LogP contribution < -0.4 is 9.80 Å². The third-order valence-corrected chi connectivity index (χ3v) is 5.12. The smallest absolute Gasteiger partial charge is 0.249 e. The van der Waals surface area contributed by atoms with Crippen LogP contribution in [0.2, 0.25) is 0 Å². The van der Waals surface area contributed by atoms with Gasteiger partial charge in [0.25, 0.3) is 0 Å². The molecule has 4 rings (SSSR count). The number of amides is 1. The molecule has 1 atom stereocenters. The van der Waals surface area contributed by atoms with Crippen molar-refractivity contribution in [2.45, 2.75) is 32.9 Å². The fraction of sp³-hybridized carbons (Fsp3) is 0.350. The molecule has 1 aromatic carbocycles. The van der Waals surface area contributed by atoms with Gasteiger partial charge in [-0.15, -0.1) is 0 Å². The third kappa shape index (κ3) is 2.71. The minimum absolute atomic E-state index is 0.0373. The van der Waals surface area contributed by atoms with Crippen LogP contribution in [0.1, 0.15) is 19.0 Å². The van der Waals surface area contributed by atoms with Gasteiger partial charge in [-0.25, -0.2) is 9.67 Å². The summed E-state index contributed by atoms with van der Waals surface area (Å²) in [5, 5.41) is 5.53. The number of fused-ring (bicyclic) bond motifs is 2. The minimum Gasteiger partial charge on any atom is -0.373 e. The topological polar surface area (TPSA) is 54.3 Å². The molecule has 1 aliphatic rings. The summed E-state index contributed by atoms with van der Waals surface area (Å²) >= 11 is 0. The summed E-state index contributed by atoms with van der Waals surface area (Å²) in [5.41, 5.74) is 3.70. The monoisotopic (exact) mass is 349 g/mol. The van der Waals surface area contributed by atoms with Gasteiger partial charge in [-0.05, 0) is 44.5 Å². The molecule has 0 spiro atoms. The van der Waals surface area contributed by atoms with Gasteiger partial charge < -0.3 is 9.80 Å². The first-order valence-corrected chi connectivity index (χ1v) is 8.96. The number of carbonyl (C=O) groups excluding carboxylic acids is 1. The number of hydrogen-bond donors (Lipinski definition) is 0. The van der Waals surface area contributed by atoms with E-state index < -0.39 is 0 Å². The van der Waals surface area contributed by atoms with Crippen LogP contribution in [0.5, 0.6) is 0 Å². The van der Waals surface area contributed by atoms with Crippen LogP contribution in [0.3, 0.4) is 0 Å². The molecule has 0 fully saturated rings. The second-order valence-electron chi connectivity index (χ2n) is 6.93. The van der Waals surface area contributed by atoms with Crippen molar-refractivity contribution in [2.24, 2.45) is 0 Å². The lowest BCUT2D eigenvalue weighted by Crippen LogP contribution is -2.40. The summed E-state index contributed by atoms with van der Waals surface area (Å²) in [5.74, 6) is 0.0373. The fourth-order valence-corrected chi connectivity index (χ4v) is 3.72. The maximum absolute atomic E-state index is 13.3. The van der Waals surface area contributed by atoms with Crippen LogP contribution in [0.4, 0.5) is 11.4 Å². The Bertz CT molecular complexity index is 964. The quantitative estimate of drug-likeness (QED) is 0.714. The maximum Gasteiger partial charge on any atom is 0.249 e. The first-order chi connectivity index (χ1) is 12.6. The van der Waals surface area contributed by atoms with Gasteiger partial charge in [-0.1, -0.05) is 12.1 Å². The van der Waals surface area contributed by atoms with E-state index in [9.17, 15) is 4.79 Å². The van der Waals surface area contributed by atoms with Crippen molar-refractivity contribution in [3.8, 4) is 0 Å². The predicted octanol–water partition coefficient (Wildman–Crippen LogP) is 3.00. The zero-order chi connectivity index (χ0) is 18.3. The van der Waals surface area contributed by atoms with E-state index in [1.165, 1.54) is 0 Å². The molecule has 6 heteroatoms. The molecule has 2 aromatic heterocycles. The van der Waals surface area contributed by atoms with Crippen molar-refractivity contribution in [1.29, 1.82) is 0 Å². The van der Waals surface area contributed by atoms with Crippen LogP contribution in [0.15, 0.2) is 42.6 Å². The highest BCUT2D eigenvalue weighted by Gasteiger charge is 2.29. The first kappa shape index (κ1) is 16.6. The second kappa shape index (κ2) is 6.44. The average molecular weight is 349 g/mol. The number of para-hydroxylation sites is 2. The van der Waals surface area contributed by atoms with Crippen LogP contribution in [0.25, 0.3) is 11.0 Å². The largest absolute Gasteiger partial charge is 0.373 e. The van der Waals surface area contributed by atoms with Gasteiger partial charge in [0.15, 0.2) is 5.65 Å². The highest BCUT2D eigenvalue weighted by atomic mass is 16.2. The van der Waals surface area contributed by atoms with Gasteiger partial charge in [0.05, 0.1) is 17.1 Å². The second-order valence-corrected chi connectivity index (χ2v) is 6.93. The maximum atomic E-state index is 13.3. The summed E-state index contributed by atoms with van der Waals surface area (Å²) in [7, 11) is 2.08. The van der Waals surface area contributed by atoms with Gasteiger partial charge >= 0.3 is 0 Å². The van der Waals surface area contributed by atoms with Crippen molar-refractivity contribution in [3.63, 3.8) is 0 Å². The summed E-state index contributed by atoms with van der Waals surface area (Å²) < 4.78 is 1.72. The number of nitrogens with zero attached hydrogens (tertiary/aromatic N) is 5. The van der Waals surface area contributed by atoms with Crippen molar-refractivity contribution in [2.75, 3.05) is 23.4 Å². The normalized spacial score (nSPS) is 17.3. The summed E-state index contributed by atoms with van der Waals surface area (Å²) in [6.07, 6.45) is 2.66. The van der Waals surface area contributed by atoms with Crippen LogP contribution in [-0.2, 0) is 11.3 Å². The van der Waals surface area contributed by atoms with Gasteiger partial charge in [0, 0.05) is 31.2 Å². The first-order valence-electron chi connectivity index (χ1n) is 8.96. The Morgan fingerprint density at radius 2 is 1.96 bits per heavy atom. The van der Waals surface area contributed by atoms with Crippen molar-refractivity contribution in [1.82, 2.24) is 14.8 Å². The Balaban J connectivity index is 1.71. The molecule has 1 aliphatic heterocycles. The molecule has 0 N–H and O–H groups in total. The van der Waals surface area contributed by atoms with Crippen LogP contribution in [0, 0.1) is 6.92 Å². The minimum atomic E-state index is 0.0373. The molecule has 3 heterocycles. The molecular formula is C20H23N5O. The number of carbonyl (C=O) groups is 1. The van der Waals surface area contributed by atoms with E-state index in [1.54, 1.807) is 10.9 Å². The van der Waals surface area contributed by atoms with Crippen LogP contribution in [-0.4, -0.2) is 40.3 Å². The lowest BCUT2D eigenvalue weighted by Gasteiger charge is -2.28. The average Bonchev–Trinajstić information content (AvgIpc) is 2.89. The van der Waals surface area contributed by atoms with Gasteiger partial charge in [0.1, 0.15) is 6.54 Å². The summed E-state index contributed by atoms with van der Waals surface area (Å²) in [4.78, 5) is 21.8. The predicted molar refractivity (Wildman–Crippen MR) is 104 cm³/mol.